The van der Waals surface area contributed by atoms with Crippen molar-refractivity contribution in [2.24, 2.45) is 0 Å². The van der Waals surface area contributed by atoms with Crippen LogP contribution in [0.3, 0.4) is 0 Å². The van der Waals surface area contributed by atoms with E-state index in [2.05, 4.69) is 5.32 Å². The highest BCUT2D eigenvalue weighted by atomic mass is 35.5. The molecule has 0 fully saturated rings. The van der Waals surface area contributed by atoms with Gasteiger partial charge in [0.2, 0.25) is 0 Å². The van der Waals surface area contributed by atoms with E-state index in [1.807, 2.05) is 13.0 Å². The van der Waals surface area contributed by atoms with Crippen LogP contribution in [-0.4, -0.2) is 7.05 Å². The van der Waals surface area contributed by atoms with Gasteiger partial charge in [-0.3, -0.25) is 0 Å². The van der Waals surface area contributed by atoms with Crippen LogP contribution in [0.2, 0.25) is 5.02 Å². The number of halogens is 3. The molecule has 19 heavy (non-hydrogen) atoms. The molecule has 1 atom stereocenters. The quantitative estimate of drug-likeness (QED) is 0.887. The molecule has 100 valence electrons. The first-order valence-electron chi connectivity index (χ1n) is 5.90. The average molecular weight is 282 g/mol. The monoisotopic (exact) mass is 281 g/mol. The smallest absolute Gasteiger partial charge is 0.141 e. The maximum atomic E-state index is 13.5. The zero-order valence-corrected chi connectivity index (χ0v) is 11.4. The fourth-order valence-electron chi connectivity index (χ4n) is 2.15. The lowest BCUT2D eigenvalue weighted by Gasteiger charge is -2.18. The van der Waals surface area contributed by atoms with Crippen molar-refractivity contribution in [3.63, 3.8) is 0 Å². The van der Waals surface area contributed by atoms with E-state index in [4.69, 9.17) is 11.6 Å². The Bertz CT molecular complexity index is 578. The molecule has 1 N–H and O–H groups in total. The molecule has 2 aromatic carbocycles. The van der Waals surface area contributed by atoms with E-state index in [1.165, 1.54) is 18.2 Å². The molecule has 0 aliphatic carbocycles. The van der Waals surface area contributed by atoms with E-state index in [0.29, 0.717) is 0 Å². The maximum Gasteiger partial charge on any atom is 0.141 e. The molecule has 0 radical (unpaired) electrons. The number of benzene rings is 2. The number of hydrogen-bond acceptors (Lipinski definition) is 1. The van der Waals surface area contributed by atoms with Gasteiger partial charge in [-0.2, -0.15) is 0 Å². The molecule has 0 amide bonds. The Labute approximate surface area is 116 Å². The van der Waals surface area contributed by atoms with Gasteiger partial charge in [0.1, 0.15) is 11.6 Å². The van der Waals surface area contributed by atoms with Crippen molar-refractivity contribution < 1.29 is 8.78 Å². The molecule has 2 aromatic rings. The summed E-state index contributed by atoms with van der Waals surface area (Å²) in [6.45, 7) is 1.83. The average Bonchev–Trinajstić information content (AvgIpc) is 2.33. The Morgan fingerprint density at radius 3 is 2.37 bits per heavy atom. The van der Waals surface area contributed by atoms with Crippen molar-refractivity contribution in [1.29, 1.82) is 0 Å². The Morgan fingerprint density at radius 2 is 1.79 bits per heavy atom. The van der Waals surface area contributed by atoms with E-state index < -0.39 is 5.82 Å². The molecule has 2 rings (SSSR count). The molecule has 1 nitrogen and oxygen atoms in total. The molecular weight excluding hydrogens is 268 g/mol. The van der Waals surface area contributed by atoms with E-state index in [-0.39, 0.29) is 16.9 Å². The molecule has 4 heteroatoms. The Balaban J connectivity index is 2.46. The SMILES string of the molecule is CNC(c1cc(C)cc(F)c1)c1ccc(F)c(Cl)c1. The van der Waals surface area contributed by atoms with Crippen LogP contribution in [-0.2, 0) is 0 Å². The molecule has 0 aromatic heterocycles. The molecule has 0 saturated heterocycles. The number of nitrogens with one attached hydrogen (secondary N) is 1. The van der Waals surface area contributed by atoms with Crippen LogP contribution in [0.15, 0.2) is 36.4 Å². The van der Waals surface area contributed by atoms with Gasteiger partial charge in [-0.1, -0.05) is 23.7 Å². The van der Waals surface area contributed by atoms with Gasteiger partial charge in [0.05, 0.1) is 11.1 Å². The molecule has 0 spiro atoms. The van der Waals surface area contributed by atoms with Crippen molar-refractivity contribution >= 4 is 11.6 Å². The third-order valence-electron chi connectivity index (χ3n) is 2.96. The highest BCUT2D eigenvalue weighted by Crippen LogP contribution is 2.26. The van der Waals surface area contributed by atoms with Crippen LogP contribution in [0, 0.1) is 18.6 Å². The Morgan fingerprint density at radius 1 is 1.05 bits per heavy atom. The van der Waals surface area contributed by atoms with Crippen LogP contribution in [0.25, 0.3) is 0 Å². The number of rotatable bonds is 3. The summed E-state index contributed by atoms with van der Waals surface area (Å²) in [7, 11) is 1.77. The predicted octanol–water partition coefficient (Wildman–Crippen LogP) is 4.24. The van der Waals surface area contributed by atoms with E-state index in [1.54, 1.807) is 19.2 Å². The largest absolute Gasteiger partial charge is 0.309 e. The predicted molar refractivity (Wildman–Crippen MR) is 73.4 cm³/mol. The minimum Gasteiger partial charge on any atom is -0.309 e. The Kier molecular flexibility index (Phi) is 4.17. The topological polar surface area (TPSA) is 12.0 Å². The van der Waals surface area contributed by atoms with Gasteiger partial charge in [-0.15, -0.1) is 0 Å². The molecule has 0 aliphatic heterocycles. The summed E-state index contributed by atoms with van der Waals surface area (Å²) in [5.74, 6) is -0.751. The Hall–Kier alpha value is -1.45. The van der Waals surface area contributed by atoms with Crippen molar-refractivity contribution in [3.05, 3.63) is 69.7 Å². The minimum atomic E-state index is -0.462. The van der Waals surface area contributed by atoms with Gasteiger partial charge in [0.15, 0.2) is 0 Å². The van der Waals surface area contributed by atoms with Gasteiger partial charge < -0.3 is 5.32 Å². The van der Waals surface area contributed by atoms with Gasteiger partial charge in [0.25, 0.3) is 0 Å². The first-order valence-corrected chi connectivity index (χ1v) is 6.28. The van der Waals surface area contributed by atoms with Crippen LogP contribution >= 0.6 is 11.6 Å². The zero-order valence-electron chi connectivity index (χ0n) is 10.7. The van der Waals surface area contributed by atoms with Gasteiger partial charge in [0, 0.05) is 0 Å². The first-order chi connectivity index (χ1) is 9.01. The first kappa shape index (κ1) is 14.0. The van der Waals surface area contributed by atoms with Crippen molar-refractivity contribution in [1.82, 2.24) is 5.32 Å². The van der Waals surface area contributed by atoms with Gasteiger partial charge in [-0.25, -0.2) is 8.78 Å². The van der Waals surface area contributed by atoms with Crippen molar-refractivity contribution in [2.45, 2.75) is 13.0 Å². The third kappa shape index (κ3) is 3.11. The highest BCUT2D eigenvalue weighted by molar-refractivity contribution is 6.30. The number of aryl methyl sites for hydroxylation is 1. The van der Waals surface area contributed by atoms with Crippen LogP contribution in [0.5, 0.6) is 0 Å². The molecule has 1 unspecified atom stereocenters. The lowest BCUT2D eigenvalue weighted by Crippen LogP contribution is -2.18. The van der Waals surface area contributed by atoms with Crippen LogP contribution in [0.4, 0.5) is 8.78 Å². The van der Waals surface area contributed by atoms with Crippen LogP contribution < -0.4 is 5.32 Å². The van der Waals surface area contributed by atoms with Gasteiger partial charge in [-0.05, 0) is 54.9 Å². The van der Waals surface area contributed by atoms with Crippen molar-refractivity contribution in [2.75, 3.05) is 7.05 Å². The zero-order chi connectivity index (χ0) is 14.0. The van der Waals surface area contributed by atoms with E-state index >= 15 is 0 Å². The molecular formula is C15H14ClF2N. The lowest BCUT2D eigenvalue weighted by atomic mass is 9.97. The van der Waals surface area contributed by atoms with E-state index in [0.717, 1.165) is 16.7 Å². The number of hydrogen-bond donors (Lipinski definition) is 1. The summed E-state index contributed by atoms with van der Waals surface area (Å²) in [6.07, 6.45) is 0. The minimum absolute atomic E-state index is 0.0610. The summed E-state index contributed by atoms with van der Waals surface area (Å²) in [6, 6.07) is 9.10. The summed E-state index contributed by atoms with van der Waals surface area (Å²) < 4.78 is 26.7. The summed E-state index contributed by atoms with van der Waals surface area (Å²) in [5.41, 5.74) is 2.41. The standard InChI is InChI=1S/C15H14ClF2N/c1-9-5-11(7-12(17)6-9)15(19-2)10-3-4-14(18)13(16)8-10/h3-8,15,19H,1-2H3. The van der Waals surface area contributed by atoms with Crippen molar-refractivity contribution in [3.8, 4) is 0 Å². The summed E-state index contributed by atoms with van der Waals surface area (Å²) in [4.78, 5) is 0. The third-order valence-corrected chi connectivity index (χ3v) is 3.25. The normalized spacial score (nSPS) is 12.5. The van der Waals surface area contributed by atoms with E-state index in [9.17, 15) is 8.78 Å². The molecule has 0 aliphatic rings. The fourth-order valence-corrected chi connectivity index (χ4v) is 2.34. The second-order valence-electron chi connectivity index (χ2n) is 4.46. The molecule has 0 bridgehead atoms. The second-order valence-corrected chi connectivity index (χ2v) is 4.86. The summed E-state index contributed by atoms with van der Waals surface area (Å²) in [5, 5.41) is 3.15. The molecule has 0 saturated carbocycles. The highest BCUT2D eigenvalue weighted by Gasteiger charge is 2.14. The van der Waals surface area contributed by atoms with Gasteiger partial charge >= 0.3 is 0 Å². The maximum absolute atomic E-state index is 13.5. The molecule has 0 heterocycles. The lowest BCUT2D eigenvalue weighted by molar-refractivity contribution is 0.612. The second kappa shape index (κ2) is 5.68. The summed E-state index contributed by atoms with van der Waals surface area (Å²) >= 11 is 5.79. The van der Waals surface area contributed by atoms with Crippen LogP contribution in [0.1, 0.15) is 22.7 Å². The fraction of sp³-hybridized carbons (Fsp3) is 0.200.